The Morgan fingerprint density at radius 1 is 1.33 bits per heavy atom. The SMILES string of the molecule is CSC=Nc1ccc(F)cc1.I. The van der Waals surface area contributed by atoms with Gasteiger partial charge in [0.2, 0.25) is 0 Å². The molecule has 0 N–H and O–H groups in total. The van der Waals surface area contributed by atoms with E-state index in [9.17, 15) is 4.39 Å². The van der Waals surface area contributed by atoms with E-state index in [2.05, 4.69) is 4.99 Å². The summed E-state index contributed by atoms with van der Waals surface area (Å²) < 4.78 is 12.4. The van der Waals surface area contributed by atoms with Gasteiger partial charge < -0.3 is 0 Å². The van der Waals surface area contributed by atoms with Gasteiger partial charge >= 0.3 is 0 Å². The highest BCUT2D eigenvalue weighted by molar-refractivity contribution is 14.0. The van der Waals surface area contributed by atoms with Gasteiger partial charge in [-0.2, -0.15) is 0 Å². The zero-order valence-electron chi connectivity index (χ0n) is 6.53. The molecule has 1 aromatic rings. The number of hydrogen-bond acceptors (Lipinski definition) is 2. The number of thioether (sulfide) groups is 1. The van der Waals surface area contributed by atoms with Gasteiger partial charge in [0.1, 0.15) is 5.82 Å². The molecule has 4 heteroatoms. The van der Waals surface area contributed by atoms with Crippen molar-refractivity contribution in [1.82, 2.24) is 0 Å². The van der Waals surface area contributed by atoms with E-state index in [0.29, 0.717) is 0 Å². The molecule has 1 aromatic carbocycles. The molecule has 0 aliphatic rings. The van der Waals surface area contributed by atoms with E-state index < -0.39 is 0 Å². The van der Waals surface area contributed by atoms with E-state index in [1.165, 1.54) is 23.9 Å². The Kier molecular flexibility index (Phi) is 6.37. The predicted octanol–water partition coefficient (Wildman–Crippen LogP) is 3.47. The van der Waals surface area contributed by atoms with Crippen LogP contribution in [0, 0.1) is 5.82 Å². The third-order valence-corrected chi connectivity index (χ3v) is 1.45. The zero-order chi connectivity index (χ0) is 8.10. The normalized spacial score (nSPS) is 9.83. The van der Waals surface area contributed by atoms with Crippen LogP contribution < -0.4 is 0 Å². The van der Waals surface area contributed by atoms with Gasteiger partial charge in [-0.25, -0.2) is 4.39 Å². The molecule has 0 saturated carbocycles. The number of hydrogen-bond donors (Lipinski definition) is 0. The van der Waals surface area contributed by atoms with E-state index in [-0.39, 0.29) is 29.8 Å². The fourth-order valence-corrected chi connectivity index (χ4v) is 0.868. The topological polar surface area (TPSA) is 12.4 Å². The van der Waals surface area contributed by atoms with Gasteiger partial charge in [-0.15, -0.1) is 35.7 Å². The zero-order valence-corrected chi connectivity index (χ0v) is 9.68. The minimum Gasteiger partial charge on any atom is -0.250 e. The van der Waals surface area contributed by atoms with Gasteiger partial charge in [0.25, 0.3) is 0 Å². The predicted molar refractivity (Wildman–Crippen MR) is 63.5 cm³/mol. The molecule has 0 heterocycles. The van der Waals surface area contributed by atoms with E-state index >= 15 is 0 Å². The second kappa shape index (κ2) is 6.42. The highest BCUT2D eigenvalue weighted by Gasteiger charge is 1.87. The number of halogens is 2. The van der Waals surface area contributed by atoms with E-state index in [0.717, 1.165) is 5.69 Å². The Hall–Kier alpha value is -0.100. The van der Waals surface area contributed by atoms with Crippen LogP contribution >= 0.6 is 35.7 Å². The number of nitrogens with zero attached hydrogens (tertiary/aromatic N) is 1. The monoisotopic (exact) mass is 297 g/mol. The second-order valence-corrected chi connectivity index (χ2v) is 2.63. The summed E-state index contributed by atoms with van der Waals surface area (Å²) in [4.78, 5) is 4.04. The summed E-state index contributed by atoms with van der Waals surface area (Å²) in [6, 6.07) is 6.07. The molecule has 0 unspecified atom stereocenters. The highest BCUT2D eigenvalue weighted by Crippen LogP contribution is 2.11. The molecule has 12 heavy (non-hydrogen) atoms. The lowest BCUT2D eigenvalue weighted by molar-refractivity contribution is 0.628. The van der Waals surface area contributed by atoms with Crippen molar-refractivity contribution < 1.29 is 4.39 Å². The van der Waals surface area contributed by atoms with Gasteiger partial charge in [-0.05, 0) is 30.5 Å². The number of aliphatic imine (C=N–C) groups is 1. The van der Waals surface area contributed by atoms with E-state index in [4.69, 9.17) is 0 Å². The van der Waals surface area contributed by atoms with Crippen LogP contribution in [0.5, 0.6) is 0 Å². The van der Waals surface area contributed by atoms with Crippen LogP contribution in [-0.2, 0) is 0 Å². The molecular formula is C8H9FINS. The van der Waals surface area contributed by atoms with Crippen LogP contribution in [0.1, 0.15) is 0 Å². The second-order valence-electron chi connectivity index (χ2n) is 1.95. The average Bonchev–Trinajstić information content (AvgIpc) is 2.04. The van der Waals surface area contributed by atoms with Crippen molar-refractivity contribution in [2.45, 2.75) is 0 Å². The summed E-state index contributed by atoms with van der Waals surface area (Å²) in [7, 11) is 0. The molecule has 0 amide bonds. The fourth-order valence-electron chi connectivity index (χ4n) is 0.641. The lowest BCUT2D eigenvalue weighted by Gasteiger charge is -1.90. The Bertz CT molecular complexity index is 248. The van der Waals surface area contributed by atoms with Crippen LogP contribution in [-0.4, -0.2) is 11.8 Å². The molecule has 0 atom stereocenters. The minimum absolute atomic E-state index is 0. The van der Waals surface area contributed by atoms with Crippen molar-refractivity contribution in [2.75, 3.05) is 6.26 Å². The molecule has 0 aliphatic heterocycles. The van der Waals surface area contributed by atoms with Gasteiger partial charge in [0.05, 0.1) is 11.2 Å². The lowest BCUT2D eigenvalue weighted by Crippen LogP contribution is -1.69. The Morgan fingerprint density at radius 3 is 2.42 bits per heavy atom. The molecule has 1 rings (SSSR count). The molecule has 66 valence electrons. The summed E-state index contributed by atoms with van der Waals surface area (Å²) in [5, 5.41) is 0. The van der Waals surface area contributed by atoms with Gasteiger partial charge in [-0.3, -0.25) is 4.99 Å². The van der Waals surface area contributed by atoms with Crippen LogP contribution in [0.4, 0.5) is 10.1 Å². The molecular weight excluding hydrogens is 288 g/mol. The van der Waals surface area contributed by atoms with Crippen LogP contribution in [0.2, 0.25) is 0 Å². The molecule has 0 radical (unpaired) electrons. The molecule has 0 saturated heterocycles. The summed E-state index contributed by atoms with van der Waals surface area (Å²) in [6.07, 6.45) is 1.92. The van der Waals surface area contributed by atoms with E-state index in [1.54, 1.807) is 17.7 Å². The van der Waals surface area contributed by atoms with Gasteiger partial charge in [0, 0.05) is 0 Å². The van der Waals surface area contributed by atoms with Crippen molar-refractivity contribution in [3.8, 4) is 0 Å². The van der Waals surface area contributed by atoms with Crippen molar-refractivity contribution in [2.24, 2.45) is 4.99 Å². The van der Waals surface area contributed by atoms with Crippen molar-refractivity contribution in [1.29, 1.82) is 0 Å². The maximum Gasteiger partial charge on any atom is 0.123 e. The fraction of sp³-hybridized carbons (Fsp3) is 0.125. The third kappa shape index (κ3) is 4.06. The summed E-state index contributed by atoms with van der Waals surface area (Å²) in [5.74, 6) is -0.229. The summed E-state index contributed by atoms with van der Waals surface area (Å²) in [5.41, 5.74) is 2.49. The smallest absolute Gasteiger partial charge is 0.123 e. The summed E-state index contributed by atoms with van der Waals surface area (Å²) >= 11 is 1.52. The van der Waals surface area contributed by atoms with Crippen LogP contribution in [0.3, 0.4) is 0 Å². The lowest BCUT2D eigenvalue weighted by atomic mass is 10.3. The Morgan fingerprint density at radius 2 is 1.92 bits per heavy atom. The maximum atomic E-state index is 12.4. The summed E-state index contributed by atoms with van der Waals surface area (Å²) in [6.45, 7) is 0. The highest BCUT2D eigenvalue weighted by atomic mass is 127. The quantitative estimate of drug-likeness (QED) is 0.462. The average molecular weight is 297 g/mol. The van der Waals surface area contributed by atoms with Gasteiger partial charge in [0.15, 0.2) is 0 Å². The van der Waals surface area contributed by atoms with Crippen LogP contribution in [0.15, 0.2) is 29.3 Å². The van der Waals surface area contributed by atoms with Crippen molar-refractivity contribution in [3.63, 3.8) is 0 Å². The van der Waals surface area contributed by atoms with Crippen LogP contribution in [0.25, 0.3) is 0 Å². The Balaban J connectivity index is 0.00000121. The first kappa shape index (κ1) is 11.9. The standard InChI is InChI=1S/C8H8FNS.HI/c1-11-6-10-8-4-2-7(9)3-5-8;/h2-6H,1H3;1H. The van der Waals surface area contributed by atoms with Gasteiger partial charge in [-0.1, -0.05) is 0 Å². The third-order valence-electron chi connectivity index (χ3n) is 1.13. The molecule has 0 spiro atoms. The Labute approximate surface area is 92.5 Å². The molecule has 0 fully saturated rings. The number of rotatable bonds is 2. The molecule has 0 bridgehead atoms. The molecule has 0 aromatic heterocycles. The molecule has 1 nitrogen and oxygen atoms in total. The largest absolute Gasteiger partial charge is 0.250 e. The van der Waals surface area contributed by atoms with Crippen molar-refractivity contribution >= 4 is 47.0 Å². The first-order valence-electron chi connectivity index (χ1n) is 3.14. The number of benzene rings is 1. The molecule has 0 aliphatic carbocycles. The first-order valence-corrected chi connectivity index (χ1v) is 4.42. The minimum atomic E-state index is -0.229. The maximum absolute atomic E-state index is 12.4. The van der Waals surface area contributed by atoms with E-state index in [1.807, 2.05) is 6.26 Å². The first-order chi connectivity index (χ1) is 5.33. The van der Waals surface area contributed by atoms with Crippen molar-refractivity contribution in [3.05, 3.63) is 30.1 Å².